The lowest BCUT2D eigenvalue weighted by molar-refractivity contribution is 0.415. The van der Waals surface area contributed by atoms with Gasteiger partial charge in [-0.15, -0.1) is 10.2 Å². The molecule has 0 N–H and O–H groups in total. The molecule has 0 spiro atoms. The molecule has 0 bridgehead atoms. The largest absolute Gasteiger partial charge is 0.497 e. The number of benzene rings is 1. The zero-order chi connectivity index (χ0) is 12.5. The van der Waals surface area contributed by atoms with Crippen molar-refractivity contribution in [2.75, 3.05) is 7.11 Å². The van der Waals surface area contributed by atoms with Gasteiger partial charge in [0, 0.05) is 11.3 Å². The first-order valence-corrected chi connectivity index (χ1v) is 5.75. The summed E-state index contributed by atoms with van der Waals surface area (Å²) in [5.74, 6) is 1.65. The molecular weight excluding hydrogens is 226 g/mol. The summed E-state index contributed by atoms with van der Waals surface area (Å²) >= 11 is 0. The first kappa shape index (κ1) is 10.8. The zero-order valence-corrected chi connectivity index (χ0v) is 10.3. The molecule has 0 radical (unpaired) electrons. The van der Waals surface area contributed by atoms with Crippen LogP contribution in [0.3, 0.4) is 0 Å². The van der Waals surface area contributed by atoms with Gasteiger partial charge in [-0.1, -0.05) is 18.2 Å². The van der Waals surface area contributed by atoms with E-state index in [0.717, 1.165) is 28.5 Å². The fourth-order valence-electron chi connectivity index (χ4n) is 2.05. The van der Waals surface area contributed by atoms with Gasteiger partial charge < -0.3 is 4.74 Å². The van der Waals surface area contributed by atoms with E-state index in [1.807, 2.05) is 53.8 Å². The van der Waals surface area contributed by atoms with Crippen molar-refractivity contribution in [1.29, 1.82) is 0 Å². The lowest BCUT2D eigenvalue weighted by Crippen LogP contribution is -1.94. The highest BCUT2D eigenvalue weighted by Crippen LogP contribution is 2.23. The van der Waals surface area contributed by atoms with Crippen molar-refractivity contribution in [3.05, 3.63) is 48.2 Å². The number of hydrogen-bond acceptors (Lipinski definition) is 3. The number of rotatable bonds is 2. The summed E-state index contributed by atoms with van der Waals surface area (Å²) < 4.78 is 7.27. The fraction of sp³-hybridized carbons (Fsp3) is 0.143. The average Bonchev–Trinajstić information content (AvgIpc) is 2.84. The Balaban J connectivity index is 2.25. The van der Waals surface area contributed by atoms with Crippen molar-refractivity contribution in [3.63, 3.8) is 0 Å². The van der Waals surface area contributed by atoms with Crippen molar-refractivity contribution in [2.45, 2.75) is 6.92 Å². The maximum atomic E-state index is 5.24. The molecule has 0 unspecified atom stereocenters. The molecule has 4 nitrogen and oxygen atoms in total. The van der Waals surface area contributed by atoms with Gasteiger partial charge in [-0.2, -0.15) is 0 Å². The predicted molar refractivity (Wildman–Crippen MR) is 69.7 cm³/mol. The van der Waals surface area contributed by atoms with Gasteiger partial charge in [0.1, 0.15) is 5.75 Å². The van der Waals surface area contributed by atoms with Gasteiger partial charge in [0.25, 0.3) is 0 Å². The molecule has 0 atom stereocenters. The van der Waals surface area contributed by atoms with Gasteiger partial charge in [0.05, 0.1) is 7.11 Å². The Morgan fingerprint density at radius 1 is 1.06 bits per heavy atom. The highest BCUT2D eigenvalue weighted by molar-refractivity contribution is 5.61. The Kier molecular flexibility index (Phi) is 2.48. The Labute approximate surface area is 105 Å². The molecule has 0 saturated heterocycles. The number of hydrogen-bond donors (Lipinski definition) is 0. The first-order valence-electron chi connectivity index (χ1n) is 5.75. The second-order valence-corrected chi connectivity index (χ2v) is 4.12. The summed E-state index contributed by atoms with van der Waals surface area (Å²) in [6, 6.07) is 13.8. The van der Waals surface area contributed by atoms with E-state index < -0.39 is 0 Å². The number of pyridine rings is 1. The number of fused-ring (bicyclic) bond motifs is 1. The summed E-state index contributed by atoms with van der Waals surface area (Å²) in [7, 11) is 1.66. The van der Waals surface area contributed by atoms with Crippen LogP contribution in [0, 0.1) is 6.92 Å². The summed E-state index contributed by atoms with van der Waals surface area (Å²) in [4.78, 5) is 0. The third-order valence-electron chi connectivity index (χ3n) is 2.95. The molecule has 0 aliphatic rings. The van der Waals surface area contributed by atoms with E-state index >= 15 is 0 Å². The number of nitrogens with zero attached hydrogens (tertiary/aromatic N) is 3. The molecule has 3 rings (SSSR count). The molecule has 0 aliphatic heterocycles. The fourth-order valence-corrected chi connectivity index (χ4v) is 2.05. The minimum Gasteiger partial charge on any atom is -0.497 e. The van der Waals surface area contributed by atoms with Gasteiger partial charge in [-0.05, 0) is 31.2 Å². The smallest absolute Gasteiger partial charge is 0.168 e. The monoisotopic (exact) mass is 239 g/mol. The second-order valence-electron chi connectivity index (χ2n) is 4.12. The average molecular weight is 239 g/mol. The standard InChI is InChI=1S/C14H13N3O/c1-10-5-3-8-13-15-16-14(17(10)13)11-6-4-7-12(9-11)18-2/h3-9H,1-2H3. The minimum absolute atomic E-state index is 0.817. The van der Waals surface area contributed by atoms with Crippen LogP contribution in [0.5, 0.6) is 5.75 Å². The van der Waals surface area contributed by atoms with E-state index in [1.165, 1.54) is 0 Å². The van der Waals surface area contributed by atoms with Crippen LogP contribution in [0.4, 0.5) is 0 Å². The molecule has 1 aromatic carbocycles. The van der Waals surface area contributed by atoms with Gasteiger partial charge in [-0.25, -0.2) is 0 Å². The van der Waals surface area contributed by atoms with E-state index in [2.05, 4.69) is 10.2 Å². The molecule has 0 amide bonds. The molecule has 4 heteroatoms. The number of aromatic nitrogens is 3. The highest BCUT2D eigenvalue weighted by Gasteiger charge is 2.09. The Bertz CT molecular complexity index is 703. The molecule has 0 aliphatic carbocycles. The first-order chi connectivity index (χ1) is 8.79. The Hall–Kier alpha value is -2.36. The van der Waals surface area contributed by atoms with Gasteiger partial charge in [-0.3, -0.25) is 4.40 Å². The van der Waals surface area contributed by atoms with Crippen LogP contribution in [-0.2, 0) is 0 Å². The normalized spacial score (nSPS) is 10.8. The molecule has 18 heavy (non-hydrogen) atoms. The van der Waals surface area contributed by atoms with Crippen molar-refractivity contribution in [2.24, 2.45) is 0 Å². The van der Waals surface area contributed by atoms with Crippen LogP contribution in [-0.4, -0.2) is 21.7 Å². The van der Waals surface area contributed by atoms with Crippen LogP contribution in [0.1, 0.15) is 5.69 Å². The summed E-state index contributed by atoms with van der Waals surface area (Å²) in [6.45, 7) is 2.04. The molecule has 0 fully saturated rings. The topological polar surface area (TPSA) is 39.4 Å². The van der Waals surface area contributed by atoms with Crippen LogP contribution in [0.25, 0.3) is 17.0 Å². The molecular formula is C14H13N3O. The van der Waals surface area contributed by atoms with Crippen LogP contribution in [0.15, 0.2) is 42.5 Å². The number of ether oxygens (including phenoxy) is 1. The van der Waals surface area contributed by atoms with E-state index in [-0.39, 0.29) is 0 Å². The number of aryl methyl sites for hydroxylation is 1. The van der Waals surface area contributed by atoms with E-state index in [0.29, 0.717) is 0 Å². The van der Waals surface area contributed by atoms with Gasteiger partial charge in [0.15, 0.2) is 11.5 Å². The molecule has 90 valence electrons. The van der Waals surface area contributed by atoms with E-state index in [4.69, 9.17) is 4.74 Å². The van der Waals surface area contributed by atoms with E-state index in [9.17, 15) is 0 Å². The third-order valence-corrected chi connectivity index (χ3v) is 2.95. The summed E-state index contributed by atoms with van der Waals surface area (Å²) in [6.07, 6.45) is 0. The third kappa shape index (κ3) is 1.62. The Morgan fingerprint density at radius 2 is 1.89 bits per heavy atom. The zero-order valence-electron chi connectivity index (χ0n) is 10.3. The van der Waals surface area contributed by atoms with Crippen LogP contribution < -0.4 is 4.74 Å². The van der Waals surface area contributed by atoms with Crippen molar-refractivity contribution in [1.82, 2.24) is 14.6 Å². The molecule has 2 heterocycles. The SMILES string of the molecule is COc1cccc(-c2nnc3cccc(C)n23)c1. The van der Waals surface area contributed by atoms with Crippen molar-refractivity contribution >= 4 is 5.65 Å². The number of methoxy groups -OCH3 is 1. The van der Waals surface area contributed by atoms with E-state index in [1.54, 1.807) is 7.11 Å². The van der Waals surface area contributed by atoms with Gasteiger partial charge in [0.2, 0.25) is 0 Å². The maximum Gasteiger partial charge on any atom is 0.168 e. The van der Waals surface area contributed by atoms with Crippen LogP contribution in [0.2, 0.25) is 0 Å². The van der Waals surface area contributed by atoms with Gasteiger partial charge >= 0.3 is 0 Å². The Morgan fingerprint density at radius 3 is 2.72 bits per heavy atom. The minimum atomic E-state index is 0.817. The lowest BCUT2D eigenvalue weighted by atomic mass is 10.2. The van der Waals surface area contributed by atoms with Crippen molar-refractivity contribution in [3.8, 4) is 17.1 Å². The molecule has 0 saturated carbocycles. The van der Waals surface area contributed by atoms with Crippen molar-refractivity contribution < 1.29 is 4.74 Å². The lowest BCUT2D eigenvalue weighted by Gasteiger charge is -2.05. The summed E-state index contributed by atoms with van der Waals surface area (Å²) in [5, 5.41) is 8.44. The predicted octanol–water partition coefficient (Wildman–Crippen LogP) is 2.71. The second kappa shape index (κ2) is 4.14. The highest BCUT2D eigenvalue weighted by atomic mass is 16.5. The quantitative estimate of drug-likeness (QED) is 0.690. The van der Waals surface area contributed by atoms with Crippen LogP contribution >= 0.6 is 0 Å². The summed E-state index contributed by atoms with van der Waals surface area (Å²) in [5.41, 5.74) is 2.96. The molecule has 3 aromatic rings. The molecule has 2 aromatic heterocycles. The maximum absolute atomic E-state index is 5.24.